The van der Waals surface area contributed by atoms with Crippen molar-refractivity contribution in [3.05, 3.63) is 81.4 Å². The Morgan fingerprint density at radius 1 is 0.931 bits per heavy atom. The average Bonchev–Trinajstić information content (AvgIpc) is 2.72. The van der Waals surface area contributed by atoms with Crippen LogP contribution in [0.2, 0.25) is 0 Å². The van der Waals surface area contributed by atoms with Crippen LogP contribution in [0.3, 0.4) is 0 Å². The van der Waals surface area contributed by atoms with Gasteiger partial charge >= 0.3 is 0 Å². The van der Waals surface area contributed by atoms with Crippen LogP contribution in [-0.4, -0.2) is 22.3 Å². The van der Waals surface area contributed by atoms with Gasteiger partial charge in [0.1, 0.15) is 17.2 Å². The molecule has 0 unspecified atom stereocenters. The summed E-state index contributed by atoms with van der Waals surface area (Å²) < 4.78 is 12.3. The first-order valence-electron chi connectivity index (χ1n) is 9.14. The summed E-state index contributed by atoms with van der Waals surface area (Å²) in [5.41, 5.74) is -0.163. The molecule has 0 aliphatic heterocycles. The Morgan fingerprint density at radius 3 is 2.21 bits per heavy atom. The van der Waals surface area contributed by atoms with E-state index < -0.39 is 5.56 Å². The lowest BCUT2D eigenvalue weighted by atomic mass is 10.2. The van der Waals surface area contributed by atoms with E-state index in [2.05, 4.69) is 10.4 Å². The molecule has 29 heavy (non-hydrogen) atoms. The third-order valence-corrected chi connectivity index (χ3v) is 3.96. The number of nitrogens with zero attached hydrogens (tertiary/aromatic N) is 1. The van der Waals surface area contributed by atoms with Gasteiger partial charge in [-0.25, -0.2) is 4.68 Å². The number of aromatic nitrogens is 2. The summed E-state index contributed by atoms with van der Waals surface area (Å²) in [6.45, 7) is 2.61. The maximum atomic E-state index is 12.1. The third-order valence-electron chi connectivity index (χ3n) is 3.96. The Bertz CT molecular complexity index is 1070. The minimum absolute atomic E-state index is 0.0459. The summed E-state index contributed by atoms with van der Waals surface area (Å²) in [6.07, 6.45) is 0.0459. The van der Waals surface area contributed by atoms with Crippen molar-refractivity contribution < 1.29 is 14.3 Å². The molecule has 0 aliphatic rings. The summed E-state index contributed by atoms with van der Waals surface area (Å²) in [7, 11) is 0. The molecule has 8 nitrogen and oxygen atoms in total. The predicted octanol–water partition coefficient (Wildman–Crippen LogP) is 2.76. The smallest absolute Gasteiger partial charge is 0.265 e. The Hall–Kier alpha value is -3.81. The first-order chi connectivity index (χ1) is 14.0. The van der Waals surface area contributed by atoms with Crippen molar-refractivity contribution in [2.75, 3.05) is 11.9 Å². The molecular formula is C21H21N3O5. The number of aryl methyl sites for hydroxylation is 1. The molecule has 0 bridgehead atoms. The molecule has 8 heteroatoms. The van der Waals surface area contributed by atoms with E-state index in [9.17, 15) is 14.4 Å². The molecule has 1 aromatic heterocycles. The lowest BCUT2D eigenvalue weighted by Gasteiger charge is -2.09. The van der Waals surface area contributed by atoms with E-state index in [1.807, 2.05) is 31.2 Å². The number of nitrogens with one attached hydrogen (secondary N) is 2. The number of benzene rings is 2. The molecular weight excluding hydrogens is 374 g/mol. The van der Waals surface area contributed by atoms with Crippen LogP contribution in [0, 0.1) is 0 Å². The molecule has 3 rings (SSSR count). The van der Waals surface area contributed by atoms with Crippen LogP contribution in [-0.2, 0) is 11.3 Å². The standard InChI is InChI=1S/C21H21N3O5/c1-2-28-16-7-9-18(10-8-16)29-17-5-3-15(4-6-17)22-19(25)13-14-24-21(27)12-11-20(26)23-24/h3-12H,2,13-14H2,1H3,(H,22,25)(H,23,26). The van der Waals surface area contributed by atoms with Crippen molar-refractivity contribution >= 4 is 11.6 Å². The molecule has 150 valence electrons. The highest BCUT2D eigenvalue weighted by Gasteiger charge is 2.05. The maximum absolute atomic E-state index is 12.1. The van der Waals surface area contributed by atoms with E-state index in [1.54, 1.807) is 24.3 Å². The summed E-state index contributed by atoms with van der Waals surface area (Å²) in [6, 6.07) is 16.5. The fourth-order valence-corrected chi connectivity index (χ4v) is 2.58. The van der Waals surface area contributed by atoms with Gasteiger partial charge < -0.3 is 14.8 Å². The van der Waals surface area contributed by atoms with Crippen LogP contribution in [0.1, 0.15) is 13.3 Å². The van der Waals surface area contributed by atoms with E-state index in [4.69, 9.17) is 9.47 Å². The number of hydrogen-bond donors (Lipinski definition) is 2. The summed E-state index contributed by atoms with van der Waals surface area (Å²) >= 11 is 0. The fraction of sp³-hybridized carbons (Fsp3) is 0.190. The lowest BCUT2D eigenvalue weighted by Crippen LogP contribution is -2.29. The average molecular weight is 395 g/mol. The number of H-pyrrole nitrogens is 1. The molecule has 0 aliphatic carbocycles. The number of rotatable bonds is 8. The van der Waals surface area contributed by atoms with Crippen LogP contribution >= 0.6 is 0 Å². The van der Waals surface area contributed by atoms with E-state index >= 15 is 0 Å². The van der Waals surface area contributed by atoms with Crippen LogP contribution in [0.4, 0.5) is 5.69 Å². The number of carbonyl (C=O) groups excluding carboxylic acids is 1. The molecule has 0 radical (unpaired) electrons. The van der Waals surface area contributed by atoms with Crippen molar-refractivity contribution in [2.45, 2.75) is 19.9 Å². The molecule has 3 aromatic rings. The van der Waals surface area contributed by atoms with Gasteiger partial charge in [0.25, 0.3) is 11.1 Å². The van der Waals surface area contributed by atoms with Crippen molar-refractivity contribution in [1.29, 1.82) is 0 Å². The predicted molar refractivity (Wildman–Crippen MR) is 109 cm³/mol. The zero-order chi connectivity index (χ0) is 20.6. The van der Waals surface area contributed by atoms with Gasteiger partial charge in [-0.2, -0.15) is 0 Å². The number of carbonyl (C=O) groups is 1. The number of ether oxygens (including phenoxy) is 2. The number of hydrogen-bond acceptors (Lipinski definition) is 5. The number of aromatic amines is 1. The van der Waals surface area contributed by atoms with Crippen LogP contribution in [0.5, 0.6) is 17.2 Å². The van der Waals surface area contributed by atoms with Gasteiger partial charge in [0.15, 0.2) is 0 Å². The van der Waals surface area contributed by atoms with Crippen LogP contribution in [0.15, 0.2) is 70.3 Å². The quantitative estimate of drug-likeness (QED) is 0.611. The second-order valence-electron chi connectivity index (χ2n) is 6.13. The number of amides is 1. The highest BCUT2D eigenvalue weighted by atomic mass is 16.5. The second kappa shape index (κ2) is 9.41. The molecule has 0 saturated carbocycles. The molecule has 2 aromatic carbocycles. The monoisotopic (exact) mass is 395 g/mol. The van der Waals surface area contributed by atoms with Gasteiger partial charge in [0, 0.05) is 24.2 Å². The minimum atomic E-state index is -0.395. The van der Waals surface area contributed by atoms with E-state index in [0.29, 0.717) is 23.8 Å². The highest BCUT2D eigenvalue weighted by molar-refractivity contribution is 5.90. The molecule has 1 heterocycles. The highest BCUT2D eigenvalue weighted by Crippen LogP contribution is 2.25. The zero-order valence-electron chi connectivity index (χ0n) is 15.9. The molecule has 0 saturated heterocycles. The van der Waals surface area contributed by atoms with Gasteiger partial charge in [0.05, 0.1) is 13.2 Å². The first kappa shape index (κ1) is 19.9. The Kier molecular flexibility index (Phi) is 6.47. The van der Waals surface area contributed by atoms with Gasteiger partial charge in [-0.15, -0.1) is 0 Å². The molecule has 0 spiro atoms. The Balaban J connectivity index is 1.53. The van der Waals surface area contributed by atoms with Gasteiger partial charge in [0.2, 0.25) is 5.91 Å². The second-order valence-corrected chi connectivity index (χ2v) is 6.13. The first-order valence-corrected chi connectivity index (χ1v) is 9.14. The van der Waals surface area contributed by atoms with Gasteiger partial charge in [-0.05, 0) is 55.5 Å². The maximum Gasteiger partial charge on any atom is 0.265 e. The lowest BCUT2D eigenvalue weighted by molar-refractivity contribution is -0.116. The van der Waals surface area contributed by atoms with Crippen LogP contribution < -0.4 is 25.9 Å². The topological polar surface area (TPSA) is 102 Å². The summed E-state index contributed by atoms with van der Waals surface area (Å²) in [5.74, 6) is 1.80. The van der Waals surface area contributed by atoms with E-state index in [1.165, 1.54) is 6.07 Å². The van der Waals surface area contributed by atoms with Crippen molar-refractivity contribution in [3.63, 3.8) is 0 Å². The third kappa shape index (κ3) is 5.83. The van der Waals surface area contributed by atoms with Gasteiger partial charge in [-0.3, -0.25) is 19.5 Å². The fourth-order valence-electron chi connectivity index (χ4n) is 2.58. The summed E-state index contributed by atoms with van der Waals surface area (Å²) in [4.78, 5) is 35.0. The summed E-state index contributed by atoms with van der Waals surface area (Å²) in [5, 5.41) is 5.12. The molecule has 2 N–H and O–H groups in total. The minimum Gasteiger partial charge on any atom is -0.494 e. The van der Waals surface area contributed by atoms with Crippen molar-refractivity contribution in [3.8, 4) is 17.2 Å². The van der Waals surface area contributed by atoms with E-state index in [0.717, 1.165) is 16.5 Å². The normalized spacial score (nSPS) is 10.4. The molecule has 0 fully saturated rings. The van der Waals surface area contributed by atoms with Crippen molar-refractivity contribution in [2.24, 2.45) is 0 Å². The van der Waals surface area contributed by atoms with Crippen LogP contribution in [0.25, 0.3) is 0 Å². The molecule has 1 amide bonds. The Morgan fingerprint density at radius 2 is 1.55 bits per heavy atom. The molecule has 0 atom stereocenters. The largest absolute Gasteiger partial charge is 0.494 e. The zero-order valence-corrected chi connectivity index (χ0v) is 15.9. The number of anilines is 1. The van der Waals surface area contributed by atoms with E-state index in [-0.39, 0.29) is 24.4 Å². The van der Waals surface area contributed by atoms with Crippen molar-refractivity contribution in [1.82, 2.24) is 9.78 Å². The SMILES string of the molecule is CCOc1ccc(Oc2ccc(NC(=O)CCn3[nH]c(=O)ccc3=O)cc2)cc1. The van der Waals surface area contributed by atoms with Gasteiger partial charge in [-0.1, -0.05) is 0 Å². The Labute approximate surface area is 166 Å².